The van der Waals surface area contributed by atoms with Crippen LogP contribution in [0.2, 0.25) is 0 Å². The predicted molar refractivity (Wildman–Crippen MR) is 86.0 cm³/mol. The number of ether oxygens (including phenoxy) is 1. The highest BCUT2D eigenvalue weighted by Crippen LogP contribution is 2.23. The zero-order valence-electron chi connectivity index (χ0n) is 13.1. The lowest BCUT2D eigenvalue weighted by atomic mass is 9.98. The largest absolute Gasteiger partial charge is 0.373 e. The van der Waals surface area contributed by atoms with Crippen LogP contribution < -0.4 is 5.32 Å². The standard InChI is InChI=1S/C13H27N3O3S.ClH/c1-11-9-16(10-12(2)19-11)20(17,18)15-6-4-13(5-7-15)8-14-3;/h11-14H,4-10H2,1-3H3;1H. The molecule has 2 aliphatic heterocycles. The lowest BCUT2D eigenvalue weighted by Crippen LogP contribution is -2.54. The summed E-state index contributed by atoms with van der Waals surface area (Å²) in [5, 5.41) is 3.17. The Bertz CT molecular complexity index is 403. The molecule has 126 valence electrons. The minimum atomic E-state index is -3.32. The van der Waals surface area contributed by atoms with Crippen molar-refractivity contribution in [3.63, 3.8) is 0 Å². The van der Waals surface area contributed by atoms with Gasteiger partial charge in [0.1, 0.15) is 0 Å². The lowest BCUT2D eigenvalue weighted by Gasteiger charge is -2.39. The Balaban J connectivity index is 0.00000220. The van der Waals surface area contributed by atoms with E-state index in [2.05, 4.69) is 5.32 Å². The third-order valence-electron chi connectivity index (χ3n) is 4.10. The van der Waals surface area contributed by atoms with Gasteiger partial charge in [-0.1, -0.05) is 0 Å². The number of halogens is 1. The molecule has 2 unspecified atom stereocenters. The fourth-order valence-electron chi connectivity index (χ4n) is 3.12. The van der Waals surface area contributed by atoms with Crippen LogP contribution in [0.15, 0.2) is 0 Å². The molecule has 0 bridgehead atoms. The highest BCUT2D eigenvalue weighted by molar-refractivity contribution is 7.86. The molecule has 0 saturated carbocycles. The number of nitrogens with zero attached hydrogens (tertiary/aromatic N) is 2. The van der Waals surface area contributed by atoms with Crippen LogP contribution in [0.5, 0.6) is 0 Å². The highest BCUT2D eigenvalue weighted by atomic mass is 35.5. The van der Waals surface area contributed by atoms with E-state index < -0.39 is 10.2 Å². The number of nitrogens with one attached hydrogen (secondary N) is 1. The molecule has 1 N–H and O–H groups in total. The van der Waals surface area contributed by atoms with Crippen LogP contribution in [0.25, 0.3) is 0 Å². The van der Waals surface area contributed by atoms with Gasteiger partial charge in [-0.15, -0.1) is 12.4 Å². The summed E-state index contributed by atoms with van der Waals surface area (Å²) >= 11 is 0. The van der Waals surface area contributed by atoms with Gasteiger partial charge in [-0.3, -0.25) is 0 Å². The minimum Gasteiger partial charge on any atom is -0.373 e. The van der Waals surface area contributed by atoms with Crippen molar-refractivity contribution in [1.29, 1.82) is 0 Å². The van der Waals surface area contributed by atoms with Crippen molar-refractivity contribution in [1.82, 2.24) is 13.9 Å². The molecule has 2 saturated heterocycles. The van der Waals surface area contributed by atoms with E-state index >= 15 is 0 Å². The minimum absolute atomic E-state index is 0. The molecule has 0 aromatic heterocycles. The van der Waals surface area contributed by atoms with Gasteiger partial charge in [-0.25, -0.2) is 0 Å². The zero-order chi connectivity index (χ0) is 14.8. The van der Waals surface area contributed by atoms with Gasteiger partial charge >= 0.3 is 0 Å². The fourth-order valence-corrected chi connectivity index (χ4v) is 4.91. The van der Waals surface area contributed by atoms with Gasteiger partial charge in [-0.05, 0) is 46.2 Å². The van der Waals surface area contributed by atoms with E-state index in [0.29, 0.717) is 32.1 Å². The van der Waals surface area contributed by atoms with E-state index in [0.717, 1.165) is 19.4 Å². The van der Waals surface area contributed by atoms with E-state index in [1.165, 1.54) is 0 Å². The summed E-state index contributed by atoms with van der Waals surface area (Å²) in [7, 11) is -1.38. The SMILES string of the molecule is CNCC1CCN(S(=O)(=O)N2CC(C)OC(C)C2)CC1.Cl. The summed E-state index contributed by atoms with van der Waals surface area (Å²) in [6.07, 6.45) is 1.82. The summed E-state index contributed by atoms with van der Waals surface area (Å²) in [5.74, 6) is 0.592. The monoisotopic (exact) mass is 341 g/mol. The number of hydrogen-bond donors (Lipinski definition) is 1. The van der Waals surface area contributed by atoms with Crippen LogP contribution in [0.3, 0.4) is 0 Å². The Labute approximate surface area is 134 Å². The first-order valence-electron chi connectivity index (χ1n) is 7.48. The second-order valence-electron chi connectivity index (χ2n) is 5.98. The first-order chi connectivity index (χ1) is 9.43. The first kappa shape index (κ1) is 19.1. The summed E-state index contributed by atoms with van der Waals surface area (Å²) in [5.41, 5.74) is 0. The van der Waals surface area contributed by atoms with Crippen molar-refractivity contribution in [2.24, 2.45) is 5.92 Å². The van der Waals surface area contributed by atoms with E-state index in [9.17, 15) is 8.42 Å². The Morgan fingerprint density at radius 3 is 2.10 bits per heavy atom. The number of hydrogen-bond acceptors (Lipinski definition) is 4. The van der Waals surface area contributed by atoms with Crippen LogP contribution in [-0.4, -0.2) is 69.0 Å². The molecule has 0 radical (unpaired) electrons. The van der Waals surface area contributed by atoms with E-state index in [4.69, 9.17) is 4.74 Å². The van der Waals surface area contributed by atoms with Crippen LogP contribution in [-0.2, 0) is 14.9 Å². The predicted octanol–water partition coefficient (Wildman–Crippen LogP) is 0.694. The van der Waals surface area contributed by atoms with Gasteiger partial charge in [0.2, 0.25) is 0 Å². The first-order valence-corrected chi connectivity index (χ1v) is 8.88. The van der Waals surface area contributed by atoms with Crippen molar-refractivity contribution < 1.29 is 13.2 Å². The molecule has 2 atom stereocenters. The summed E-state index contributed by atoms with van der Waals surface area (Å²) in [6, 6.07) is 0. The molecule has 0 aromatic rings. The molecule has 2 aliphatic rings. The van der Waals surface area contributed by atoms with Gasteiger partial charge in [0.05, 0.1) is 12.2 Å². The molecule has 0 amide bonds. The molecule has 0 aliphatic carbocycles. The highest BCUT2D eigenvalue weighted by Gasteiger charge is 2.36. The molecule has 6 nitrogen and oxygen atoms in total. The smallest absolute Gasteiger partial charge is 0.282 e. The van der Waals surface area contributed by atoms with Crippen LogP contribution in [0.4, 0.5) is 0 Å². The van der Waals surface area contributed by atoms with Crippen molar-refractivity contribution >= 4 is 22.6 Å². The van der Waals surface area contributed by atoms with Crippen molar-refractivity contribution in [2.45, 2.75) is 38.9 Å². The Hall–Kier alpha value is 0.0800. The van der Waals surface area contributed by atoms with Gasteiger partial charge < -0.3 is 10.1 Å². The second-order valence-corrected chi connectivity index (χ2v) is 7.91. The average Bonchev–Trinajstić information content (AvgIpc) is 2.38. The normalized spacial score (nSPS) is 30.0. The number of rotatable bonds is 4. The lowest BCUT2D eigenvalue weighted by molar-refractivity contribution is -0.0456. The van der Waals surface area contributed by atoms with E-state index in [1.807, 2.05) is 20.9 Å². The Morgan fingerprint density at radius 2 is 1.62 bits per heavy atom. The van der Waals surface area contributed by atoms with Gasteiger partial charge in [0.25, 0.3) is 10.2 Å². The van der Waals surface area contributed by atoms with Crippen molar-refractivity contribution in [3.8, 4) is 0 Å². The topological polar surface area (TPSA) is 61.9 Å². The maximum atomic E-state index is 12.7. The molecular formula is C13H28ClN3O3S. The number of piperidine rings is 1. The van der Waals surface area contributed by atoms with E-state index in [-0.39, 0.29) is 24.6 Å². The molecule has 0 spiro atoms. The molecule has 21 heavy (non-hydrogen) atoms. The maximum absolute atomic E-state index is 12.7. The third kappa shape index (κ3) is 4.77. The van der Waals surface area contributed by atoms with Crippen molar-refractivity contribution in [3.05, 3.63) is 0 Å². The Kier molecular flexibility index (Phi) is 7.36. The van der Waals surface area contributed by atoms with Crippen LogP contribution in [0, 0.1) is 5.92 Å². The third-order valence-corrected chi connectivity index (χ3v) is 6.07. The summed E-state index contributed by atoms with van der Waals surface area (Å²) in [6.45, 7) is 7.02. The van der Waals surface area contributed by atoms with Gasteiger partial charge in [0.15, 0.2) is 0 Å². The van der Waals surface area contributed by atoms with Crippen molar-refractivity contribution in [2.75, 3.05) is 39.8 Å². The van der Waals surface area contributed by atoms with Crippen LogP contribution in [0.1, 0.15) is 26.7 Å². The second kappa shape index (κ2) is 8.08. The molecule has 2 fully saturated rings. The maximum Gasteiger partial charge on any atom is 0.282 e. The Morgan fingerprint density at radius 1 is 1.10 bits per heavy atom. The number of morpholine rings is 1. The van der Waals surface area contributed by atoms with Gasteiger partial charge in [-0.2, -0.15) is 17.0 Å². The molecule has 0 aromatic carbocycles. The molecule has 2 rings (SSSR count). The molecule has 2 heterocycles. The average molecular weight is 342 g/mol. The molecule has 8 heteroatoms. The van der Waals surface area contributed by atoms with E-state index in [1.54, 1.807) is 8.61 Å². The fraction of sp³-hybridized carbons (Fsp3) is 1.00. The quantitative estimate of drug-likeness (QED) is 0.817. The zero-order valence-corrected chi connectivity index (χ0v) is 14.8. The summed E-state index contributed by atoms with van der Waals surface area (Å²) < 4.78 is 34.2. The molecular weight excluding hydrogens is 314 g/mol. The summed E-state index contributed by atoms with van der Waals surface area (Å²) in [4.78, 5) is 0. The van der Waals surface area contributed by atoms with Gasteiger partial charge in [0, 0.05) is 26.2 Å². The van der Waals surface area contributed by atoms with Crippen LogP contribution >= 0.6 is 12.4 Å².